The van der Waals surface area contributed by atoms with Crippen LogP contribution in [0.5, 0.6) is 17.2 Å². The number of thiocarbonyl (C=S) groups is 1. The third kappa shape index (κ3) is 7.84. The van der Waals surface area contributed by atoms with E-state index >= 15 is 0 Å². The van der Waals surface area contributed by atoms with E-state index in [0.717, 1.165) is 31.2 Å². The number of ether oxygens (including phenoxy) is 3. The molecule has 0 radical (unpaired) electrons. The molecule has 9 heteroatoms. The Labute approximate surface area is 218 Å². The Hall–Kier alpha value is -3.33. The van der Waals surface area contributed by atoms with Gasteiger partial charge in [-0.15, -0.1) is 0 Å². The second kappa shape index (κ2) is 13.1. The van der Waals surface area contributed by atoms with Crippen molar-refractivity contribution in [3.8, 4) is 17.2 Å². The number of benzene rings is 2. The first-order valence-corrected chi connectivity index (χ1v) is 12.6. The minimum Gasteiger partial charge on any atom is -0.493 e. The maximum atomic E-state index is 13.0. The average molecular weight is 514 g/mol. The lowest BCUT2D eigenvalue weighted by Gasteiger charge is -2.36. The van der Waals surface area contributed by atoms with Gasteiger partial charge in [-0.05, 0) is 80.9 Å². The van der Waals surface area contributed by atoms with Crippen molar-refractivity contribution in [2.45, 2.75) is 64.6 Å². The predicted molar refractivity (Wildman–Crippen MR) is 142 cm³/mol. The van der Waals surface area contributed by atoms with Gasteiger partial charge in [-0.1, -0.05) is 25.3 Å². The largest absolute Gasteiger partial charge is 0.493 e. The van der Waals surface area contributed by atoms with E-state index < -0.39 is 5.91 Å². The highest BCUT2D eigenvalue weighted by atomic mass is 32.1. The number of nitrogens with zero attached hydrogens (tertiary/aromatic N) is 1. The predicted octanol–water partition coefficient (Wildman–Crippen LogP) is 4.20. The molecule has 8 nitrogen and oxygen atoms in total. The Bertz CT molecular complexity index is 1050. The molecule has 36 heavy (non-hydrogen) atoms. The summed E-state index contributed by atoms with van der Waals surface area (Å²) >= 11 is 5.73. The minimum absolute atomic E-state index is 0.0590. The second-order valence-corrected chi connectivity index (χ2v) is 9.50. The Morgan fingerprint density at radius 2 is 1.78 bits per heavy atom. The normalized spacial score (nSPS) is 13.7. The van der Waals surface area contributed by atoms with E-state index in [2.05, 4.69) is 10.2 Å². The summed E-state index contributed by atoms with van der Waals surface area (Å²) in [6, 6.07) is 12.8. The number of methoxy groups -OCH3 is 1. The van der Waals surface area contributed by atoms with Gasteiger partial charge in [0.25, 0.3) is 11.8 Å². The standard InChI is InChI=1S/C27H35N3O5S/c1-18(2)35-22-12-10-20(11-13-22)26(32)29-27(36)30(21-7-5-4-6-8-21)16-19-9-14-23(24(15-19)33-3)34-17-25(28)31/h9-15,18,21H,4-8,16-17H2,1-3H3,(H2,28,31)(H,29,32,36). The van der Waals surface area contributed by atoms with Crippen LogP contribution in [0.4, 0.5) is 0 Å². The number of primary amides is 1. The summed E-state index contributed by atoms with van der Waals surface area (Å²) in [6.07, 6.45) is 5.52. The number of carbonyl (C=O) groups excluding carboxylic acids is 2. The molecule has 0 heterocycles. The Balaban J connectivity index is 1.74. The van der Waals surface area contributed by atoms with Crippen molar-refractivity contribution in [1.82, 2.24) is 10.2 Å². The smallest absolute Gasteiger partial charge is 0.257 e. The molecule has 0 atom stereocenters. The van der Waals surface area contributed by atoms with Gasteiger partial charge in [-0.25, -0.2) is 0 Å². The van der Waals surface area contributed by atoms with Crippen molar-refractivity contribution in [2.24, 2.45) is 5.73 Å². The molecule has 1 saturated carbocycles. The summed E-state index contributed by atoms with van der Waals surface area (Å²) < 4.78 is 16.6. The average Bonchev–Trinajstić information content (AvgIpc) is 2.86. The SMILES string of the molecule is COc1cc(CN(C(=S)NC(=O)c2ccc(OC(C)C)cc2)C2CCCCC2)ccc1OCC(N)=O. The highest BCUT2D eigenvalue weighted by Crippen LogP contribution is 2.30. The van der Waals surface area contributed by atoms with Gasteiger partial charge in [-0.2, -0.15) is 0 Å². The van der Waals surface area contributed by atoms with Crippen LogP contribution >= 0.6 is 12.2 Å². The van der Waals surface area contributed by atoms with Crippen molar-refractivity contribution in [3.63, 3.8) is 0 Å². The lowest BCUT2D eigenvalue weighted by Crippen LogP contribution is -2.48. The van der Waals surface area contributed by atoms with Gasteiger partial charge in [0.2, 0.25) is 0 Å². The quantitative estimate of drug-likeness (QED) is 0.459. The third-order valence-electron chi connectivity index (χ3n) is 5.94. The second-order valence-electron chi connectivity index (χ2n) is 9.11. The zero-order valence-electron chi connectivity index (χ0n) is 21.1. The molecule has 2 amide bonds. The molecule has 0 aromatic heterocycles. The van der Waals surface area contributed by atoms with E-state index in [1.807, 2.05) is 26.0 Å². The number of hydrogen-bond donors (Lipinski definition) is 2. The maximum Gasteiger partial charge on any atom is 0.257 e. The zero-order chi connectivity index (χ0) is 26.1. The van der Waals surface area contributed by atoms with E-state index in [9.17, 15) is 9.59 Å². The molecule has 1 aliphatic rings. The maximum absolute atomic E-state index is 13.0. The first-order chi connectivity index (χ1) is 17.3. The minimum atomic E-state index is -0.562. The highest BCUT2D eigenvalue weighted by Gasteiger charge is 2.25. The summed E-state index contributed by atoms with van der Waals surface area (Å²) in [5.74, 6) is 0.823. The molecule has 1 fully saturated rings. The molecule has 0 bridgehead atoms. The number of nitrogens with one attached hydrogen (secondary N) is 1. The van der Waals surface area contributed by atoms with Crippen LogP contribution in [0.2, 0.25) is 0 Å². The van der Waals surface area contributed by atoms with E-state index in [-0.39, 0.29) is 24.7 Å². The monoisotopic (exact) mass is 513 g/mol. The van der Waals surface area contributed by atoms with Crippen molar-refractivity contribution >= 4 is 29.1 Å². The molecular formula is C27H35N3O5S. The van der Waals surface area contributed by atoms with Crippen molar-refractivity contribution < 1.29 is 23.8 Å². The van der Waals surface area contributed by atoms with Gasteiger partial charge < -0.3 is 24.8 Å². The molecule has 3 N–H and O–H groups in total. The fourth-order valence-electron chi connectivity index (χ4n) is 4.23. The van der Waals surface area contributed by atoms with Gasteiger partial charge in [0.05, 0.1) is 13.2 Å². The highest BCUT2D eigenvalue weighted by molar-refractivity contribution is 7.80. The Kier molecular flexibility index (Phi) is 9.93. The fourth-order valence-corrected chi connectivity index (χ4v) is 4.54. The van der Waals surface area contributed by atoms with Gasteiger partial charge >= 0.3 is 0 Å². The van der Waals surface area contributed by atoms with Crippen molar-refractivity contribution in [1.29, 1.82) is 0 Å². The molecular weight excluding hydrogens is 478 g/mol. The van der Waals surface area contributed by atoms with Crippen LogP contribution in [0, 0.1) is 0 Å². The number of amides is 2. The topological polar surface area (TPSA) is 103 Å². The molecule has 3 rings (SSSR count). The lowest BCUT2D eigenvalue weighted by atomic mass is 9.94. The van der Waals surface area contributed by atoms with Crippen LogP contribution < -0.4 is 25.3 Å². The van der Waals surface area contributed by atoms with Crippen LogP contribution in [-0.2, 0) is 11.3 Å². The number of nitrogens with two attached hydrogens (primary N) is 1. The van der Waals surface area contributed by atoms with Gasteiger partial charge in [0.1, 0.15) is 5.75 Å². The number of hydrogen-bond acceptors (Lipinski definition) is 6. The number of rotatable bonds is 10. The molecule has 0 saturated heterocycles. The van der Waals surface area contributed by atoms with Crippen LogP contribution in [0.15, 0.2) is 42.5 Å². The molecule has 194 valence electrons. The summed E-state index contributed by atoms with van der Waals surface area (Å²) in [5, 5.41) is 3.31. The van der Waals surface area contributed by atoms with Gasteiger partial charge in [0, 0.05) is 18.2 Å². The van der Waals surface area contributed by atoms with E-state index in [4.69, 9.17) is 32.2 Å². The Morgan fingerprint density at radius 3 is 2.39 bits per heavy atom. The van der Waals surface area contributed by atoms with Crippen LogP contribution in [0.3, 0.4) is 0 Å². The van der Waals surface area contributed by atoms with E-state index in [0.29, 0.717) is 34.5 Å². The molecule has 0 spiro atoms. The molecule has 0 aliphatic heterocycles. The fraction of sp³-hybridized carbons (Fsp3) is 0.444. The van der Waals surface area contributed by atoms with Crippen molar-refractivity contribution in [3.05, 3.63) is 53.6 Å². The molecule has 1 aliphatic carbocycles. The van der Waals surface area contributed by atoms with Gasteiger partial charge in [0.15, 0.2) is 23.2 Å². The molecule has 2 aromatic rings. The lowest BCUT2D eigenvalue weighted by molar-refractivity contribution is -0.119. The van der Waals surface area contributed by atoms with E-state index in [1.165, 1.54) is 13.5 Å². The van der Waals surface area contributed by atoms with Crippen LogP contribution in [0.25, 0.3) is 0 Å². The van der Waals surface area contributed by atoms with E-state index in [1.54, 1.807) is 30.3 Å². The van der Waals surface area contributed by atoms with Gasteiger partial charge in [-0.3, -0.25) is 14.9 Å². The summed E-state index contributed by atoms with van der Waals surface area (Å²) in [7, 11) is 1.54. The first-order valence-electron chi connectivity index (χ1n) is 12.2. The molecule has 2 aromatic carbocycles. The molecule has 0 unspecified atom stereocenters. The summed E-state index contributed by atoms with van der Waals surface area (Å²) in [5.41, 5.74) is 6.63. The van der Waals surface area contributed by atoms with Crippen LogP contribution in [0.1, 0.15) is 61.9 Å². The zero-order valence-corrected chi connectivity index (χ0v) is 21.9. The van der Waals surface area contributed by atoms with Crippen LogP contribution in [-0.4, -0.2) is 47.7 Å². The third-order valence-corrected chi connectivity index (χ3v) is 6.27. The first kappa shape index (κ1) is 27.3. The number of carbonyl (C=O) groups is 2. The summed E-state index contributed by atoms with van der Waals surface area (Å²) in [6.45, 7) is 4.17. The summed E-state index contributed by atoms with van der Waals surface area (Å²) in [4.78, 5) is 26.1. The Morgan fingerprint density at radius 1 is 1.08 bits per heavy atom. The van der Waals surface area contributed by atoms with Crippen molar-refractivity contribution in [2.75, 3.05) is 13.7 Å².